The molecule has 0 aliphatic carbocycles. The van der Waals surface area contributed by atoms with Crippen molar-refractivity contribution in [2.24, 2.45) is 0 Å². The van der Waals surface area contributed by atoms with Crippen LogP contribution in [0.4, 0.5) is 5.69 Å². The number of nitrogens with one attached hydrogen (secondary N) is 2. The summed E-state index contributed by atoms with van der Waals surface area (Å²) >= 11 is 11.9. The summed E-state index contributed by atoms with van der Waals surface area (Å²) in [6.45, 7) is 3.27. The van der Waals surface area contributed by atoms with E-state index >= 15 is 0 Å². The molecule has 1 atom stereocenters. The molecule has 0 bridgehead atoms. The number of hydrogen-bond acceptors (Lipinski definition) is 4. The van der Waals surface area contributed by atoms with Gasteiger partial charge in [-0.3, -0.25) is 4.79 Å². The maximum atomic E-state index is 12.6. The number of methoxy groups -OCH3 is 1. The molecule has 0 saturated carbocycles. The van der Waals surface area contributed by atoms with Gasteiger partial charge in [-0.05, 0) is 49.7 Å². The zero-order valence-electron chi connectivity index (χ0n) is 14.3. The Bertz CT molecular complexity index is 932. The second-order valence-electron chi connectivity index (χ2n) is 5.59. The third kappa shape index (κ3) is 4.88. The monoisotopic (exact) mass is 416 g/mol. The summed E-state index contributed by atoms with van der Waals surface area (Å²) in [4.78, 5) is 12.2. The van der Waals surface area contributed by atoms with Gasteiger partial charge in [0, 0.05) is 15.7 Å². The molecular formula is C17H18Cl2N2O4S. The van der Waals surface area contributed by atoms with Crippen molar-refractivity contribution < 1.29 is 17.9 Å². The second kappa shape index (κ2) is 8.26. The molecule has 0 aliphatic heterocycles. The van der Waals surface area contributed by atoms with Crippen LogP contribution in [0.1, 0.15) is 12.5 Å². The fraction of sp³-hybridized carbons (Fsp3) is 0.235. The molecule has 6 nitrogen and oxygen atoms in total. The molecule has 2 aromatic rings. The van der Waals surface area contributed by atoms with E-state index in [9.17, 15) is 13.2 Å². The first kappa shape index (κ1) is 20.5. The summed E-state index contributed by atoms with van der Waals surface area (Å²) in [6.07, 6.45) is 0. The van der Waals surface area contributed by atoms with E-state index in [1.807, 2.05) is 6.92 Å². The highest BCUT2D eigenvalue weighted by Crippen LogP contribution is 2.27. The van der Waals surface area contributed by atoms with Crippen LogP contribution in [-0.4, -0.2) is 27.5 Å². The Morgan fingerprint density at radius 2 is 1.85 bits per heavy atom. The van der Waals surface area contributed by atoms with Crippen molar-refractivity contribution in [3.05, 3.63) is 52.0 Å². The van der Waals surface area contributed by atoms with Crippen molar-refractivity contribution in [1.29, 1.82) is 0 Å². The van der Waals surface area contributed by atoms with Gasteiger partial charge in [-0.1, -0.05) is 29.3 Å². The minimum Gasteiger partial charge on any atom is -0.495 e. The number of sulfonamides is 1. The number of anilines is 1. The van der Waals surface area contributed by atoms with E-state index in [4.69, 9.17) is 27.9 Å². The lowest BCUT2D eigenvalue weighted by molar-refractivity contribution is -0.117. The fourth-order valence-corrected chi connectivity index (χ4v) is 3.95. The van der Waals surface area contributed by atoms with Crippen LogP contribution in [0, 0.1) is 6.92 Å². The molecule has 0 unspecified atom stereocenters. The van der Waals surface area contributed by atoms with Crippen molar-refractivity contribution in [3.63, 3.8) is 0 Å². The molecule has 2 aromatic carbocycles. The minimum atomic E-state index is -4.02. The minimum absolute atomic E-state index is 0.125. The largest absolute Gasteiger partial charge is 0.495 e. The number of aryl methyl sites for hydroxylation is 1. The highest BCUT2D eigenvalue weighted by molar-refractivity contribution is 7.89. The summed E-state index contributed by atoms with van der Waals surface area (Å²) in [6, 6.07) is 8.20. The Hall–Kier alpha value is -1.80. The van der Waals surface area contributed by atoms with Crippen molar-refractivity contribution in [1.82, 2.24) is 4.72 Å². The molecular weight excluding hydrogens is 399 g/mol. The smallest absolute Gasteiger partial charge is 0.245 e. The molecule has 2 rings (SSSR count). The van der Waals surface area contributed by atoms with Gasteiger partial charge in [-0.15, -0.1) is 0 Å². The Morgan fingerprint density at radius 3 is 2.46 bits per heavy atom. The molecule has 0 heterocycles. The lowest BCUT2D eigenvalue weighted by atomic mass is 10.2. The molecule has 0 radical (unpaired) electrons. The average Bonchev–Trinajstić information content (AvgIpc) is 2.57. The lowest BCUT2D eigenvalue weighted by Crippen LogP contribution is -2.41. The van der Waals surface area contributed by atoms with Gasteiger partial charge in [0.25, 0.3) is 0 Å². The Morgan fingerprint density at radius 1 is 1.15 bits per heavy atom. The van der Waals surface area contributed by atoms with E-state index in [2.05, 4.69) is 10.0 Å². The van der Waals surface area contributed by atoms with Gasteiger partial charge in [-0.2, -0.15) is 4.72 Å². The van der Waals surface area contributed by atoms with Crippen LogP contribution in [0.15, 0.2) is 41.3 Å². The van der Waals surface area contributed by atoms with E-state index in [0.29, 0.717) is 10.7 Å². The quantitative estimate of drug-likeness (QED) is 0.752. The van der Waals surface area contributed by atoms with E-state index < -0.39 is 22.0 Å². The molecule has 140 valence electrons. The maximum Gasteiger partial charge on any atom is 0.245 e. The third-order valence-corrected chi connectivity index (χ3v) is 5.78. The second-order valence-corrected chi connectivity index (χ2v) is 8.12. The number of carbonyl (C=O) groups excluding carboxylic acids is 1. The fourth-order valence-electron chi connectivity index (χ4n) is 2.13. The molecule has 9 heteroatoms. The molecule has 0 aliphatic rings. The van der Waals surface area contributed by atoms with Crippen LogP contribution in [0.2, 0.25) is 10.0 Å². The van der Waals surface area contributed by atoms with Crippen LogP contribution in [0.25, 0.3) is 0 Å². The number of rotatable bonds is 6. The zero-order chi connectivity index (χ0) is 19.5. The SMILES string of the molecule is COc1ccc(Cl)cc1S(=O)(=O)N[C@@H](C)C(=O)Nc1ccc(C)c(Cl)c1. The maximum absolute atomic E-state index is 12.6. The molecule has 26 heavy (non-hydrogen) atoms. The topological polar surface area (TPSA) is 84.5 Å². The van der Waals surface area contributed by atoms with Gasteiger partial charge in [0.2, 0.25) is 15.9 Å². The molecule has 0 fully saturated rings. The standard InChI is InChI=1S/C17H18Cl2N2O4S/c1-10-4-6-13(9-14(10)19)20-17(22)11(2)21-26(23,24)16-8-12(18)5-7-15(16)25-3/h4-9,11,21H,1-3H3,(H,20,22)/t11-/m0/s1. The first-order valence-corrected chi connectivity index (χ1v) is 9.81. The summed E-state index contributed by atoms with van der Waals surface area (Å²) in [5.41, 5.74) is 1.34. The first-order chi connectivity index (χ1) is 12.1. The van der Waals surface area contributed by atoms with Crippen LogP contribution in [-0.2, 0) is 14.8 Å². The van der Waals surface area contributed by atoms with E-state index in [1.165, 1.54) is 32.2 Å². The van der Waals surface area contributed by atoms with E-state index in [1.54, 1.807) is 18.2 Å². The van der Waals surface area contributed by atoms with Gasteiger partial charge in [0.05, 0.1) is 13.2 Å². The normalized spacial score (nSPS) is 12.5. The number of benzene rings is 2. The highest BCUT2D eigenvalue weighted by atomic mass is 35.5. The summed E-state index contributed by atoms with van der Waals surface area (Å²) in [5.74, 6) is -0.408. The van der Waals surface area contributed by atoms with Crippen LogP contribution in [0.5, 0.6) is 5.75 Å². The van der Waals surface area contributed by atoms with Crippen molar-refractivity contribution >= 4 is 44.8 Å². The third-order valence-electron chi connectivity index (χ3n) is 3.58. The number of amides is 1. The van der Waals surface area contributed by atoms with Gasteiger partial charge >= 0.3 is 0 Å². The van der Waals surface area contributed by atoms with E-state index in [-0.39, 0.29) is 15.7 Å². The number of ether oxygens (including phenoxy) is 1. The van der Waals surface area contributed by atoms with Gasteiger partial charge in [-0.25, -0.2) is 8.42 Å². The van der Waals surface area contributed by atoms with E-state index in [0.717, 1.165) is 5.56 Å². The van der Waals surface area contributed by atoms with Crippen molar-refractivity contribution in [2.75, 3.05) is 12.4 Å². The van der Waals surface area contributed by atoms with Crippen molar-refractivity contribution in [2.45, 2.75) is 24.8 Å². The van der Waals surface area contributed by atoms with Crippen LogP contribution < -0.4 is 14.8 Å². The number of carbonyl (C=O) groups is 1. The van der Waals surface area contributed by atoms with Crippen LogP contribution >= 0.6 is 23.2 Å². The van der Waals surface area contributed by atoms with Gasteiger partial charge < -0.3 is 10.1 Å². The summed E-state index contributed by atoms with van der Waals surface area (Å²) < 4.78 is 32.5. The highest BCUT2D eigenvalue weighted by Gasteiger charge is 2.25. The first-order valence-electron chi connectivity index (χ1n) is 7.57. The predicted molar refractivity (Wildman–Crippen MR) is 103 cm³/mol. The lowest BCUT2D eigenvalue weighted by Gasteiger charge is -2.16. The van der Waals surface area contributed by atoms with Crippen LogP contribution in [0.3, 0.4) is 0 Å². The van der Waals surface area contributed by atoms with Gasteiger partial charge in [0.1, 0.15) is 10.6 Å². The zero-order valence-corrected chi connectivity index (χ0v) is 16.7. The van der Waals surface area contributed by atoms with Crippen molar-refractivity contribution in [3.8, 4) is 5.75 Å². The Labute approximate surface area is 162 Å². The summed E-state index contributed by atoms with van der Waals surface area (Å²) in [7, 11) is -2.68. The molecule has 2 N–H and O–H groups in total. The number of hydrogen-bond donors (Lipinski definition) is 2. The Kier molecular flexibility index (Phi) is 6.52. The predicted octanol–water partition coefficient (Wildman–Crippen LogP) is 3.62. The summed E-state index contributed by atoms with van der Waals surface area (Å²) in [5, 5.41) is 3.35. The van der Waals surface area contributed by atoms with Gasteiger partial charge in [0.15, 0.2) is 0 Å². The number of halogens is 2. The molecule has 1 amide bonds. The molecule has 0 aromatic heterocycles. The molecule has 0 spiro atoms. The average molecular weight is 417 g/mol. The molecule has 0 saturated heterocycles. The Balaban J connectivity index is 2.17.